The monoisotopic (exact) mass is 328 g/mol. The van der Waals surface area contributed by atoms with Crippen molar-refractivity contribution in [1.82, 2.24) is 0 Å². The van der Waals surface area contributed by atoms with Crippen LogP contribution in [0.15, 0.2) is 42.1 Å². The summed E-state index contributed by atoms with van der Waals surface area (Å²) in [7, 11) is 2.91. The van der Waals surface area contributed by atoms with Gasteiger partial charge in [-0.3, -0.25) is 0 Å². The van der Waals surface area contributed by atoms with E-state index in [1.54, 1.807) is 36.4 Å². The van der Waals surface area contributed by atoms with Crippen LogP contribution in [0.3, 0.4) is 0 Å². The fourth-order valence-corrected chi connectivity index (χ4v) is 1.78. The van der Waals surface area contributed by atoms with Crippen molar-refractivity contribution in [2.45, 2.75) is 0 Å². The molecule has 0 aliphatic rings. The minimum absolute atomic E-state index is 0. The summed E-state index contributed by atoms with van der Waals surface area (Å²) in [5, 5.41) is 22.8. The summed E-state index contributed by atoms with van der Waals surface area (Å²) < 4.78 is 9.94. The van der Waals surface area contributed by atoms with Crippen molar-refractivity contribution in [2.75, 3.05) is 14.2 Å². The van der Waals surface area contributed by atoms with Gasteiger partial charge in [-0.2, -0.15) is 0 Å². The molecule has 0 N–H and O–H groups in total. The van der Waals surface area contributed by atoms with Gasteiger partial charge in [-0.15, -0.1) is 5.73 Å². The molecular formula is C17H14Na2O4. The van der Waals surface area contributed by atoms with E-state index >= 15 is 0 Å². The molecule has 6 heteroatoms. The third-order valence-electron chi connectivity index (χ3n) is 2.88. The number of ether oxygens (including phenoxy) is 2. The molecule has 0 aliphatic heterocycles. The number of hydrogen-bond donors (Lipinski definition) is 0. The number of hydrogen-bond acceptors (Lipinski definition) is 4. The fraction of sp³-hybridized carbons (Fsp3) is 0.118. The second-order valence-corrected chi connectivity index (χ2v) is 4.28. The average molecular weight is 328 g/mol. The molecule has 0 bridgehead atoms. The molecule has 23 heavy (non-hydrogen) atoms. The van der Waals surface area contributed by atoms with Crippen LogP contribution in [0.1, 0.15) is 11.1 Å². The molecule has 2 rings (SSSR count). The SMILES string of the molecule is COc1cc(C=C=Cc2ccc([O-])c(OC)c2)ccc1[O-].[Na+].[Na+]. The normalized spacial score (nSPS) is 8.78. The van der Waals surface area contributed by atoms with Crippen molar-refractivity contribution in [2.24, 2.45) is 0 Å². The van der Waals surface area contributed by atoms with Crippen LogP contribution in [0.25, 0.3) is 12.2 Å². The molecule has 0 unspecified atom stereocenters. The van der Waals surface area contributed by atoms with E-state index in [0.717, 1.165) is 11.1 Å². The van der Waals surface area contributed by atoms with Gasteiger partial charge in [0.05, 0.1) is 14.2 Å². The molecule has 0 saturated carbocycles. The first-order valence-electron chi connectivity index (χ1n) is 6.26. The zero-order valence-electron chi connectivity index (χ0n) is 13.8. The summed E-state index contributed by atoms with van der Waals surface area (Å²) in [5.74, 6) is 0.273. The zero-order valence-corrected chi connectivity index (χ0v) is 17.8. The van der Waals surface area contributed by atoms with E-state index in [2.05, 4.69) is 5.73 Å². The molecule has 4 nitrogen and oxygen atoms in total. The standard InChI is InChI=1S/C17H16O4.2Na/c1-20-16-10-12(6-8-14(16)18)4-3-5-13-7-9-15(19)17(11-13)21-2;;/h4-11,18-19H,1-2H3;;/q;2*+1/p-2. The molecule has 2 aromatic carbocycles. The molecule has 0 aromatic heterocycles. The van der Waals surface area contributed by atoms with Crippen molar-refractivity contribution < 1.29 is 78.8 Å². The van der Waals surface area contributed by atoms with Crippen molar-refractivity contribution in [3.05, 3.63) is 53.3 Å². The molecular weight excluding hydrogens is 314 g/mol. The quantitative estimate of drug-likeness (QED) is 0.426. The molecule has 0 atom stereocenters. The number of rotatable bonds is 4. The third-order valence-corrected chi connectivity index (χ3v) is 2.88. The minimum atomic E-state index is -0.158. The molecule has 0 amide bonds. The molecule has 0 fully saturated rings. The predicted molar refractivity (Wildman–Crippen MR) is 77.3 cm³/mol. The van der Waals surface area contributed by atoms with Crippen LogP contribution < -0.4 is 78.8 Å². The zero-order chi connectivity index (χ0) is 15.2. The molecule has 0 spiro atoms. The number of benzene rings is 2. The van der Waals surface area contributed by atoms with Gasteiger partial charge in [0.1, 0.15) is 11.5 Å². The second-order valence-electron chi connectivity index (χ2n) is 4.28. The molecule has 2 aromatic rings. The van der Waals surface area contributed by atoms with Crippen LogP contribution in [0.2, 0.25) is 0 Å². The topological polar surface area (TPSA) is 64.6 Å². The third kappa shape index (κ3) is 6.28. The Morgan fingerprint density at radius 2 is 1.17 bits per heavy atom. The van der Waals surface area contributed by atoms with Gasteiger partial charge in [0.2, 0.25) is 0 Å². The van der Waals surface area contributed by atoms with E-state index in [1.165, 1.54) is 26.4 Å². The number of methoxy groups -OCH3 is 2. The molecule has 0 radical (unpaired) electrons. The van der Waals surface area contributed by atoms with Crippen molar-refractivity contribution in [3.63, 3.8) is 0 Å². The van der Waals surface area contributed by atoms with Gasteiger partial charge in [-0.05, 0) is 35.4 Å². The van der Waals surface area contributed by atoms with Gasteiger partial charge in [0.15, 0.2) is 0 Å². The van der Waals surface area contributed by atoms with E-state index in [1.807, 2.05) is 0 Å². The van der Waals surface area contributed by atoms with Gasteiger partial charge in [0.25, 0.3) is 0 Å². The van der Waals surface area contributed by atoms with E-state index in [9.17, 15) is 10.2 Å². The Bertz CT molecular complexity index is 650. The molecule has 0 heterocycles. The maximum Gasteiger partial charge on any atom is 1.00 e. The second kappa shape index (κ2) is 10.8. The Hall–Kier alpha value is -0.840. The first-order chi connectivity index (χ1) is 10.1. The van der Waals surface area contributed by atoms with Crippen LogP contribution in [0.5, 0.6) is 23.0 Å². The molecule has 108 valence electrons. The van der Waals surface area contributed by atoms with Crippen LogP contribution in [-0.2, 0) is 0 Å². The van der Waals surface area contributed by atoms with E-state index in [-0.39, 0.29) is 70.6 Å². The van der Waals surface area contributed by atoms with Crippen LogP contribution in [-0.4, -0.2) is 14.2 Å². The van der Waals surface area contributed by atoms with E-state index in [0.29, 0.717) is 11.5 Å². The maximum absolute atomic E-state index is 11.4. The van der Waals surface area contributed by atoms with E-state index < -0.39 is 0 Å². The first-order valence-corrected chi connectivity index (χ1v) is 6.26. The van der Waals surface area contributed by atoms with Crippen LogP contribution >= 0.6 is 0 Å². The van der Waals surface area contributed by atoms with E-state index in [4.69, 9.17) is 9.47 Å². The fourth-order valence-electron chi connectivity index (χ4n) is 1.78. The van der Waals surface area contributed by atoms with Gasteiger partial charge < -0.3 is 19.7 Å². The summed E-state index contributed by atoms with van der Waals surface area (Å²) >= 11 is 0. The van der Waals surface area contributed by atoms with Crippen molar-refractivity contribution >= 4 is 12.2 Å². The summed E-state index contributed by atoms with van der Waals surface area (Å²) in [6, 6.07) is 9.55. The Balaban J connectivity index is 0.00000242. The molecule has 0 saturated heterocycles. The van der Waals surface area contributed by atoms with Gasteiger partial charge in [-0.25, -0.2) is 0 Å². The minimum Gasteiger partial charge on any atom is -0.870 e. The smallest absolute Gasteiger partial charge is 0.870 e. The largest absolute Gasteiger partial charge is 1.00 e. The van der Waals surface area contributed by atoms with Crippen LogP contribution in [0, 0.1) is 0 Å². The predicted octanol–water partition coefficient (Wildman–Crippen LogP) is -3.82. The Morgan fingerprint density at radius 1 is 0.783 bits per heavy atom. The molecule has 0 aliphatic carbocycles. The Kier molecular flexibility index (Phi) is 10.4. The van der Waals surface area contributed by atoms with Crippen molar-refractivity contribution in [3.8, 4) is 23.0 Å². The summed E-state index contributed by atoms with van der Waals surface area (Å²) in [6.45, 7) is 0. The van der Waals surface area contributed by atoms with Crippen molar-refractivity contribution in [1.29, 1.82) is 0 Å². The average Bonchev–Trinajstić information content (AvgIpc) is 2.50. The maximum atomic E-state index is 11.4. The Labute approximate surface area is 180 Å². The summed E-state index contributed by atoms with van der Waals surface area (Å²) in [4.78, 5) is 0. The van der Waals surface area contributed by atoms with Crippen LogP contribution in [0.4, 0.5) is 0 Å². The summed E-state index contributed by atoms with van der Waals surface area (Å²) in [5.41, 5.74) is 4.60. The van der Waals surface area contributed by atoms with Gasteiger partial charge in [-0.1, -0.05) is 35.8 Å². The van der Waals surface area contributed by atoms with Gasteiger partial charge in [0, 0.05) is 0 Å². The van der Waals surface area contributed by atoms with Gasteiger partial charge >= 0.3 is 59.1 Å². The Morgan fingerprint density at radius 3 is 1.52 bits per heavy atom. The summed E-state index contributed by atoms with van der Waals surface area (Å²) in [6.07, 6.45) is 3.44. The first kappa shape index (κ1) is 22.2.